The third-order valence-electron chi connectivity index (χ3n) is 2.41. The van der Waals surface area contributed by atoms with Crippen LogP contribution in [0.5, 0.6) is 0 Å². The molecule has 0 aliphatic carbocycles. The lowest BCUT2D eigenvalue weighted by molar-refractivity contribution is 0.0697. The summed E-state index contributed by atoms with van der Waals surface area (Å²) in [5.74, 6) is -0.941. The molecule has 0 aliphatic rings. The smallest absolute Gasteiger partial charge is 0.335 e. The van der Waals surface area contributed by atoms with Crippen LogP contribution in [0.15, 0.2) is 30.5 Å². The maximum Gasteiger partial charge on any atom is 0.335 e. The molecule has 0 spiro atoms. The highest BCUT2D eigenvalue weighted by molar-refractivity contribution is 5.87. The number of carbonyl (C=O) groups is 1. The van der Waals surface area contributed by atoms with Crippen molar-refractivity contribution in [1.29, 1.82) is 0 Å². The summed E-state index contributed by atoms with van der Waals surface area (Å²) >= 11 is 0. The monoisotopic (exact) mass is 217 g/mol. The van der Waals surface area contributed by atoms with E-state index in [1.54, 1.807) is 23.0 Å². The van der Waals surface area contributed by atoms with Gasteiger partial charge in [0.2, 0.25) is 0 Å². The van der Waals surface area contributed by atoms with Crippen molar-refractivity contribution < 1.29 is 9.90 Å². The zero-order valence-electron chi connectivity index (χ0n) is 8.71. The predicted octanol–water partition coefficient (Wildman–Crippen LogP) is 1.46. The van der Waals surface area contributed by atoms with Crippen molar-refractivity contribution in [2.24, 2.45) is 0 Å². The molecule has 0 aliphatic heterocycles. The maximum absolute atomic E-state index is 10.7. The molecule has 0 radical (unpaired) electrons. The quantitative estimate of drug-likeness (QED) is 0.797. The number of rotatable bonds is 2. The minimum Gasteiger partial charge on any atom is -0.478 e. The molecular weight excluding hydrogens is 206 g/mol. The van der Waals surface area contributed by atoms with E-state index in [-0.39, 0.29) is 5.56 Å². The Morgan fingerprint density at radius 2 is 2.00 bits per heavy atom. The normalized spacial score (nSPS) is 10.3. The Balaban J connectivity index is 2.42. The minimum atomic E-state index is -0.941. The fourth-order valence-corrected chi connectivity index (χ4v) is 1.43. The number of hydrogen-bond donors (Lipinski definition) is 2. The molecule has 1 aromatic carbocycles. The number of nitrogen functional groups attached to an aromatic ring is 1. The highest BCUT2D eigenvalue weighted by Crippen LogP contribution is 2.15. The molecule has 16 heavy (non-hydrogen) atoms. The summed E-state index contributed by atoms with van der Waals surface area (Å²) in [5, 5.41) is 12.9. The largest absolute Gasteiger partial charge is 0.478 e. The standard InChI is InChI=1S/C11H11N3O2/c1-7-10(12)6-13-14(7)9-4-2-8(3-5-9)11(15)16/h2-6H,12H2,1H3,(H,15,16). The molecule has 0 unspecified atom stereocenters. The summed E-state index contributed by atoms with van der Waals surface area (Å²) < 4.78 is 1.67. The molecule has 0 amide bonds. The number of carboxylic acid groups (broad SMARTS) is 1. The van der Waals surface area contributed by atoms with Crippen molar-refractivity contribution in [3.05, 3.63) is 41.7 Å². The van der Waals surface area contributed by atoms with Gasteiger partial charge in [0.05, 0.1) is 28.8 Å². The second-order valence-corrected chi connectivity index (χ2v) is 3.45. The third kappa shape index (κ3) is 1.63. The van der Waals surface area contributed by atoms with E-state index in [0.717, 1.165) is 11.4 Å². The van der Waals surface area contributed by atoms with Crippen molar-refractivity contribution in [2.75, 3.05) is 5.73 Å². The minimum absolute atomic E-state index is 0.251. The molecule has 2 rings (SSSR count). The van der Waals surface area contributed by atoms with Crippen LogP contribution in [0.4, 0.5) is 5.69 Å². The lowest BCUT2D eigenvalue weighted by Gasteiger charge is -2.04. The molecular formula is C11H11N3O2. The molecule has 5 heteroatoms. The van der Waals surface area contributed by atoms with Crippen molar-refractivity contribution in [1.82, 2.24) is 9.78 Å². The molecule has 0 atom stereocenters. The van der Waals surface area contributed by atoms with Crippen molar-refractivity contribution >= 4 is 11.7 Å². The molecule has 0 saturated carbocycles. The second kappa shape index (κ2) is 3.69. The number of nitrogens with two attached hydrogens (primary N) is 1. The Labute approximate surface area is 92.1 Å². The molecule has 5 nitrogen and oxygen atoms in total. The van der Waals surface area contributed by atoms with Crippen LogP contribution in [0.3, 0.4) is 0 Å². The Hall–Kier alpha value is -2.30. The van der Waals surface area contributed by atoms with E-state index >= 15 is 0 Å². The van der Waals surface area contributed by atoms with Crippen molar-refractivity contribution in [2.45, 2.75) is 6.92 Å². The fraction of sp³-hybridized carbons (Fsp3) is 0.0909. The lowest BCUT2D eigenvalue weighted by atomic mass is 10.2. The molecule has 3 N–H and O–H groups in total. The third-order valence-corrected chi connectivity index (χ3v) is 2.41. The van der Waals surface area contributed by atoms with E-state index in [4.69, 9.17) is 10.8 Å². The highest BCUT2D eigenvalue weighted by atomic mass is 16.4. The first-order valence-corrected chi connectivity index (χ1v) is 4.73. The summed E-state index contributed by atoms with van der Waals surface area (Å²) in [6.07, 6.45) is 1.57. The lowest BCUT2D eigenvalue weighted by Crippen LogP contribution is -2.01. The van der Waals surface area contributed by atoms with Crippen LogP contribution in [0, 0.1) is 6.92 Å². The van der Waals surface area contributed by atoms with Gasteiger partial charge in [-0.05, 0) is 31.2 Å². The summed E-state index contributed by atoms with van der Waals surface area (Å²) in [4.78, 5) is 10.7. The second-order valence-electron chi connectivity index (χ2n) is 3.45. The van der Waals surface area contributed by atoms with Gasteiger partial charge in [0, 0.05) is 0 Å². The molecule has 82 valence electrons. The first-order valence-electron chi connectivity index (χ1n) is 4.73. The van der Waals surface area contributed by atoms with E-state index in [0.29, 0.717) is 5.69 Å². The number of aromatic nitrogens is 2. The first-order chi connectivity index (χ1) is 7.59. The van der Waals surface area contributed by atoms with Gasteiger partial charge in [-0.1, -0.05) is 0 Å². The summed E-state index contributed by atoms with van der Waals surface area (Å²) in [5.41, 5.74) is 8.17. The average Bonchev–Trinajstić information content (AvgIpc) is 2.60. The molecule has 0 fully saturated rings. The van der Waals surface area contributed by atoms with Crippen LogP contribution in [0.25, 0.3) is 5.69 Å². The molecule has 1 aromatic heterocycles. The Morgan fingerprint density at radius 3 is 2.44 bits per heavy atom. The van der Waals surface area contributed by atoms with Crippen LogP contribution in [-0.4, -0.2) is 20.9 Å². The number of hydrogen-bond acceptors (Lipinski definition) is 3. The van der Waals surface area contributed by atoms with Crippen LogP contribution in [0.1, 0.15) is 16.1 Å². The van der Waals surface area contributed by atoms with Gasteiger partial charge >= 0.3 is 5.97 Å². The SMILES string of the molecule is Cc1c(N)cnn1-c1ccc(C(=O)O)cc1. The van der Waals surface area contributed by atoms with Gasteiger partial charge in [-0.2, -0.15) is 5.10 Å². The Bertz CT molecular complexity index is 529. The number of aromatic carboxylic acids is 1. The van der Waals surface area contributed by atoms with E-state index in [2.05, 4.69) is 5.10 Å². The van der Waals surface area contributed by atoms with Gasteiger partial charge in [-0.25, -0.2) is 9.48 Å². The number of anilines is 1. The zero-order chi connectivity index (χ0) is 11.7. The van der Waals surface area contributed by atoms with Gasteiger partial charge in [0.1, 0.15) is 0 Å². The van der Waals surface area contributed by atoms with Gasteiger partial charge in [-0.15, -0.1) is 0 Å². The van der Waals surface area contributed by atoms with Gasteiger partial charge in [0.15, 0.2) is 0 Å². The molecule has 2 aromatic rings. The zero-order valence-corrected chi connectivity index (χ0v) is 8.71. The topological polar surface area (TPSA) is 81.1 Å². The predicted molar refractivity (Wildman–Crippen MR) is 59.7 cm³/mol. The van der Waals surface area contributed by atoms with Gasteiger partial charge < -0.3 is 10.8 Å². The fourth-order valence-electron chi connectivity index (χ4n) is 1.43. The summed E-state index contributed by atoms with van der Waals surface area (Å²) in [7, 11) is 0. The maximum atomic E-state index is 10.7. The summed E-state index contributed by atoms with van der Waals surface area (Å²) in [6, 6.07) is 6.47. The van der Waals surface area contributed by atoms with E-state index in [1.807, 2.05) is 6.92 Å². The highest BCUT2D eigenvalue weighted by Gasteiger charge is 2.06. The number of benzene rings is 1. The van der Waals surface area contributed by atoms with E-state index < -0.39 is 5.97 Å². The van der Waals surface area contributed by atoms with Crippen LogP contribution < -0.4 is 5.73 Å². The summed E-state index contributed by atoms with van der Waals surface area (Å²) in [6.45, 7) is 1.85. The van der Waals surface area contributed by atoms with Crippen LogP contribution in [0.2, 0.25) is 0 Å². The van der Waals surface area contributed by atoms with Crippen molar-refractivity contribution in [3.8, 4) is 5.69 Å². The van der Waals surface area contributed by atoms with E-state index in [9.17, 15) is 4.79 Å². The number of nitrogens with zero attached hydrogens (tertiary/aromatic N) is 2. The molecule has 0 bridgehead atoms. The average molecular weight is 217 g/mol. The van der Waals surface area contributed by atoms with Crippen LogP contribution >= 0.6 is 0 Å². The number of carboxylic acids is 1. The van der Waals surface area contributed by atoms with Gasteiger partial charge in [0.25, 0.3) is 0 Å². The Morgan fingerprint density at radius 1 is 1.38 bits per heavy atom. The molecule has 0 saturated heterocycles. The molecule has 1 heterocycles. The Kier molecular flexibility index (Phi) is 2.36. The van der Waals surface area contributed by atoms with Crippen LogP contribution in [-0.2, 0) is 0 Å². The van der Waals surface area contributed by atoms with Gasteiger partial charge in [-0.3, -0.25) is 0 Å². The van der Waals surface area contributed by atoms with E-state index in [1.165, 1.54) is 12.1 Å². The first kappa shape index (κ1) is 10.2. The van der Waals surface area contributed by atoms with Crippen molar-refractivity contribution in [3.63, 3.8) is 0 Å².